The summed E-state index contributed by atoms with van der Waals surface area (Å²) in [4.78, 5) is 15.4. The van der Waals surface area contributed by atoms with Gasteiger partial charge in [-0.05, 0) is 38.5 Å². The van der Waals surface area contributed by atoms with Crippen LogP contribution in [0.3, 0.4) is 0 Å². The molecule has 4 nitrogen and oxygen atoms in total. The van der Waals surface area contributed by atoms with Crippen molar-refractivity contribution in [2.75, 3.05) is 0 Å². The van der Waals surface area contributed by atoms with E-state index < -0.39 is 0 Å². The van der Waals surface area contributed by atoms with Crippen LogP contribution in [0.15, 0.2) is 18.2 Å². The van der Waals surface area contributed by atoms with Gasteiger partial charge in [0, 0.05) is 6.04 Å². The van der Waals surface area contributed by atoms with Crippen LogP contribution in [0.25, 0.3) is 11.0 Å². The van der Waals surface area contributed by atoms with Crippen LogP contribution in [0.2, 0.25) is 0 Å². The number of nitrogens with zero attached hydrogens (tertiary/aromatic N) is 2. The second-order valence-electron chi connectivity index (χ2n) is 4.59. The number of amides is 1. The normalized spacial score (nSPS) is 11.3. The van der Waals surface area contributed by atoms with Gasteiger partial charge in [0.2, 0.25) is 5.91 Å². The molecule has 0 saturated heterocycles. The SMILES string of the molecule is Cc1nc2cc(CC(N)=O)ccc2n1C(C)C. The zero-order chi connectivity index (χ0) is 12.6. The molecule has 0 fully saturated rings. The summed E-state index contributed by atoms with van der Waals surface area (Å²) in [7, 11) is 0. The minimum absolute atomic E-state index is 0.267. The molecule has 1 heterocycles. The van der Waals surface area contributed by atoms with Crippen molar-refractivity contribution in [1.82, 2.24) is 9.55 Å². The number of carbonyl (C=O) groups excluding carboxylic acids is 1. The number of aryl methyl sites for hydroxylation is 1. The maximum Gasteiger partial charge on any atom is 0.221 e. The first kappa shape index (κ1) is 11.6. The molecule has 90 valence electrons. The summed E-state index contributed by atoms with van der Waals surface area (Å²) in [6.07, 6.45) is 0.267. The third-order valence-corrected chi connectivity index (χ3v) is 2.83. The molecule has 0 bridgehead atoms. The zero-order valence-electron chi connectivity index (χ0n) is 10.4. The Bertz CT molecular complexity index is 569. The molecule has 0 aliphatic carbocycles. The molecule has 0 unspecified atom stereocenters. The molecule has 4 heteroatoms. The van der Waals surface area contributed by atoms with Gasteiger partial charge in [-0.2, -0.15) is 0 Å². The van der Waals surface area contributed by atoms with Gasteiger partial charge in [-0.1, -0.05) is 6.07 Å². The van der Waals surface area contributed by atoms with E-state index in [0.717, 1.165) is 22.4 Å². The summed E-state index contributed by atoms with van der Waals surface area (Å²) in [6.45, 7) is 6.25. The highest BCUT2D eigenvalue weighted by molar-refractivity contribution is 5.81. The summed E-state index contributed by atoms with van der Waals surface area (Å²) in [6, 6.07) is 6.26. The van der Waals surface area contributed by atoms with Crippen LogP contribution in [0.4, 0.5) is 0 Å². The predicted molar refractivity (Wildman–Crippen MR) is 67.8 cm³/mol. The van der Waals surface area contributed by atoms with Crippen molar-refractivity contribution >= 4 is 16.9 Å². The fourth-order valence-corrected chi connectivity index (χ4v) is 2.23. The number of hydrogen-bond acceptors (Lipinski definition) is 2. The van der Waals surface area contributed by atoms with Crippen LogP contribution in [-0.2, 0) is 11.2 Å². The Hall–Kier alpha value is -1.84. The van der Waals surface area contributed by atoms with Crippen molar-refractivity contribution < 1.29 is 4.79 Å². The number of fused-ring (bicyclic) bond motifs is 1. The van der Waals surface area contributed by atoms with Gasteiger partial charge in [0.05, 0.1) is 17.5 Å². The number of hydrogen-bond donors (Lipinski definition) is 1. The zero-order valence-corrected chi connectivity index (χ0v) is 10.4. The smallest absolute Gasteiger partial charge is 0.221 e. The van der Waals surface area contributed by atoms with Gasteiger partial charge in [0.25, 0.3) is 0 Å². The Morgan fingerprint density at radius 2 is 2.18 bits per heavy atom. The van der Waals surface area contributed by atoms with E-state index in [2.05, 4.69) is 23.4 Å². The van der Waals surface area contributed by atoms with Gasteiger partial charge in [-0.15, -0.1) is 0 Å². The minimum atomic E-state index is -0.315. The molecule has 2 N–H and O–H groups in total. The molecule has 1 aromatic carbocycles. The standard InChI is InChI=1S/C13H17N3O/c1-8(2)16-9(3)15-11-6-10(7-13(14)17)4-5-12(11)16/h4-6,8H,7H2,1-3H3,(H2,14,17). The van der Waals surface area contributed by atoms with Crippen LogP contribution in [0.5, 0.6) is 0 Å². The van der Waals surface area contributed by atoms with Gasteiger partial charge >= 0.3 is 0 Å². The van der Waals surface area contributed by atoms with Gasteiger partial charge in [-0.3, -0.25) is 4.79 Å². The maximum atomic E-state index is 10.9. The van der Waals surface area contributed by atoms with Gasteiger partial charge < -0.3 is 10.3 Å². The number of aromatic nitrogens is 2. The average Bonchev–Trinajstić information content (AvgIpc) is 2.51. The van der Waals surface area contributed by atoms with Crippen LogP contribution >= 0.6 is 0 Å². The molecule has 1 aromatic heterocycles. The second-order valence-corrected chi connectivity index (χ2v) is 4.59. The molecule has 0 aliphatic rings. The van der Waals surface area contributed by atoms with E-state index in [0.29, 0.717) is 6.04 Å². The topological polar surface area (TPSA) is 60.9 Å². The van der Waals surface area contributed by atoms with Crippen LogP contribution in [0.1, 0.15) is 31.3 Å². The first-order valence-electron chi connectivity index (χ1n) is 5.75. The summed E-state index contributed by atoms with van der Waals surface area (Å²) >= 11 is 0. The van der Waals surface area contributed by atoms with Gasteiger partial charge in [-0.25, -0.2) is 4.98 Å². The Balaban J connectivity index is 2.53. The molecule has 0 aliphatic heterocycles. The largest absolute Gasteiger partial charge is 0.369 e. The van der Waals surface area contributed by atoms with Crippen LogP contribution in [-0.4, -0.2) is 15.5 Å². The van der Waals surface area contributed by atoms with E-state index in [1.54, 1.807) is 0 Å². The van der Waals surface area contributed by atoms with Gasteiger partial charge in [0.1, 0.15) is 5.82 Å². The molecular formula is C13H17N3O. The highest BCUT2D eigenvalue weighted by Crippen LogP contribution is 2.21. The number of imidazole rings is 1. The lowest BCUT2D eigenvalue weighted by Gasteiger charge is -2.10. The average molecular weight is 231 g/mol. The van der Waals surface area contributed by atoms with E-state index in [1.807, 2.05) is 25.1 Å². The lowest BCUT2D eigenvalue weighted by Crippen LogP contribution is -2.13. The van der Waals surface area contributed by atoms with Gasteiger partial charge in [0.15, 0.2) is 0 Å². The number of nitrogens with two attached hydrogens (primary N) is 1. The second kappa shape index (κ2) is 4.20. The van der Waals surface area contributed by atoms with E-state index in [1.165, 1.54) is 0 Å². The van der Waals surface area contributed by atoms with E-state index in [-0.39, 0.29) is 12.3 Å². The van der Waals surface area contributed by atoms with Crippen LogP contribution < -0.4 is 5.73 Å². The molecule has 1 amide bonds. The monoisotopic (exact) mass is 231 g/mol. The summed E-state index contributed by atoms with van der Waals surface area (Å²) < 4.78 is 2.18. The number of carbonyl (C=O) groups is 1. The molecule has 0 saturated carbocycles. The molecule has 17 heavy (non-hydrogen) atoms. The van der Waals surface area contributed by atoms with Crippen molar-refractivity contribution in [1.29, 1.82) is 0 Å². The van der Waals surface area contributed by atoms with Crippen LogP contribution in [0, 0.1) is 6.92 Å². The molecule has 2 rings (SSSR count). The van der Waals surface area contributed by atoms with Crippen molar-refractivity contribution in [3.63, 3.8) is 0 Å². The third kappa shape index (κ3) is 2.16. The fraction of sp³-hybridized carbons (Fsp3) is 0.385. The first-order chi connectivity index (χ1) is 7.99. The molecule has 2 aromatic rings. The van der Waals surface area contributed by atoms with E-state index in [9.17, 15) is 4.79 Å². The van der Waals surface area contributed by atoms with Crippen molar-refractivity contribution in [2.24, 2.45) is 5.73 Å². The molecule has 0 spiro atoms. The number of rotatable bonds is 3. The Morgan fingerprint density at radius 1 is 1.47 bits per heavy atom. The lowest BCUT2D eigenvalue weighted by molar-refractivity contribution is -0.117. The Kier molecular flexibility index (Phi) is 2.88. The number of benzene rings is 1. The maximum absolute atomic E-state index is 10.9. The van der Waals surface area contributed by atoms with Crippen molar-refractivity contribution in [2.45, 2.75) is 33.2 Å². The quantitative estimate of drug-likeness (QED) is 0.877. The van der Waals surface area contributed by atoms with E-state index >= 15 is 0 Å². The minimum Gasteiger partial charge on any atom is -0.369 e. The molecule has 0 atom stereocenters. The number of primary amides is 1. The lowest BCUT2D eigenvalue weighted by atomic mass is 10.1. The molecular weight excluding hydrogens is 214 g/mol. The summed E-state index contributed by atoms with van der Waals surface area (Å²) in [5.74, 6) is 0.676. The first-order valence-corrected chi connectivity index (χ1v) is 5.75. The Labute approximate surface area is 100 Å². The van der Waals surface area contributed by atoms with E-state index in [4.69, 9.17) is 5.73 Å². The fourth-order valence-electron chi connectivity index (χ4n) is 2.23. The Morgan fingerprint density at radius 3 is 2.76 bits per heavy atom. The summed E-state index contributed by atoms with van der Waals surface area (Å²) in [5, 5.41) is 0. The predicted octanol–water partition coefficient (Wildman–Crippen LogP) is 1.95. The highest BCUT2D eigenvalue weighted by Gasteiger charge is 2.10. The molecule has 0 radical (unpaired) electrons. The third-order valence-electron chi connectivity index (χ3n) is 2.83. The van der Waals surface area contributed by atoms with Crippen molar-refractivity contribution in [3.05, 3.63) is 29.6 Å². The van der Waals surface area contributed by atoms with Crippen molar-refractivity contribution in [3.8, 4) is 0 Å². The highest BCUT2D eigenvalue weighted by atomic mass is 16.1. The summed E-state index contributed by atoms with van der Waals surface area (Å²) in [5.41, 5.74) is 8.13.